The Hall–Kier alpha value is -1.83. The Morgan fingerprint density at radius 2 is 2.04 bits per heavy atom. The zero-order valence-electron chi connectivity index (χ0n) is 16.6. The van der Waals surface area contributed by atoms with Gasteiger partial charge in [-0.3, -0.25) is 9.59 Å². The van der Waals surface area contributed by atoms with E-state index in [0.29, 0.717) is 16.5 Å². The normalized spacial score (nSPS) is 17.3. The van der Waals surface area contributed by atoms with Crippen LogP contribution in [0.15, 0.2) is 18.2 Å². The molecular weight excluding hydrogens is 368 g/mol. The number of carbonyl (C=O) groups is 2. The minimum atomic E-state index is -0.278. The lowest BCUT2D eigenvalue weighted by molar-refractivity contribution is -0.903. The lowest BCUT2D eigenvalue weighted by atomic mass is 10.2. The van der Waals surface area contributed by atoms with Crippen molar-refractivity contribution in [2.75, 3.05) is 58.7 Å². The molecule has 1 aromatic carbocycles. The molecule has 1 heterocycles. The molecule has 0 aliphatic carbocycles. The van der Waals surface area contributed by atoms with Crippen molar-refractivity contribution in [2.24, 2.45) is 0 Å². The van der Waals surface area contributed by atoms with Crippen LogP contribution in [-0.2, 0) is 9.59 Å². The van der Waals surface area contributed by atoms with E-state index in [9.17, 15) is 9.59 Å². The second kappa shape index (κ2) is 9.92. The van der Waals surface area contributed by atoms with Crippen molar-refractivity contribution in [3.05, 3.63) is 23.2 Å². The average Bonchev–Trinajstić information content (AvgIpc) is 2.67. The van der Waals surface area contributed by atoms with E-state index in [1.807, 2.05) is 18.9 Å². The van der Waals surface area contributed by atoms with E-state index in [0.717, 1.165) is 37.6 Å². The molecule has 1 fully saturated rings. The SMILES string of the molecule is CC[NH+]1CCN(C(=O)[C@H](C)[NH+](C)CC(=O)Nc2cc(Cl)ccc2OC)CC1. The number of amides is 2. The van der Waals surface area contributed by atoms with Gasteiger partial charge in [0.1, 0.15) is 5.75 Å². The minimum absolute atomic E-state index is 0.107. The summed E-state index contributed by atoms with van der Waals surface area (Å²) in [7, 11) is 3.40. The standard InChI is InChI=1S/C19H29ClN4O3/c1-5-23-8-10-24(11-9-23)19(26)14(2)22(3)13-18(25)21-16-12-15(20)6-7-17(16)27-4/h6-7,12,14H,5,8-11,13H2,1-4H3,(H,21,25)/p+2/t14-/m0/s1. The van der Waals surface area contributed by atoms with Crippen LogP contribution in [0.25, 0.3) is 0 Å². The van der Waals surface area contributed by atoms with Crippen LogP contribution in [0, 0.1) is 0 Å². The maximum absolute atomic E-state index is 12.7. The van der Waals surface area contributed by atoms with Crippen molar-refractivity contribution in [1.29, 1.82) is 0 Å². The summed E-state index contributed by atoms with van der Waals surface area (Å²) in [5, 5.41) is 3.34. The van der Waals surface area contributed by atoms with E-state index < -0.39 is 0 Å². The van der Waals surface area contributed by atoms with E-state index in [1.54, 1.807) is 18.2 Å². The highest BCUT2D eigenvalue weighted by molar-refractivity contribution is 6.31. The van der Waals surface area contributed by atoms with E-state index >= 15 is 0 Å². The molecule has 0 aromatic heterocycles. The average molecular weight is 399 g/mol. The highest BCUT2D eigenvalue weighted by atomic mass is 35.5. The van der Waals surface area contributed by atoms with E-state index in [2.05, 4.69) is 12.2 Å². The topological polar surface area (TPSA) is 67.5 Å². The number of anilines is 1. The van der Waals surface area contributed by atoms with Crippen LogP contribution < -0.4 is 19.9 Å². The number of carbonyl (C=O) groups excluding carboxylic acids is 2. The van der Waals surface area contributed by atoms with Gasteiger partial charge in [-0.05, 0) is 32.0 Å². The second-order valence-electron chi connectivity index (χ2n) is 7.07. The number of hydrogen-bond donors (Lipinski definition) is 3. The van der Waals surface area contributed by atoms with Crippen molar-refractivity contribution in [2.45, 2.75) is 19.9 Å². The van der Waals surface area contributed by atoms with E-state index in [1.165, 1.54) is 12.0 Å². The summed E-state index contributed by atoms with van der Waals surface area (Å²) >= 11 is 6.00. The molecule has 2 rings (SSSR count). The highest BCUT2D eigenvalue weighted by Crippen LogP contribution is 2.27. The van der Waals surface area contributed by atoms with Gasteiger partial charge in [-0.1, -0.05) is 11.6 Å². The number of benzene rings is 1. The molecule has 0 saturated carbocycles. The van der Waals surface area contributed by atoms with Crippen LogP contribution >= 0.6 is 11.6 Å². The first-order valence-electron chi connectivity index (χ1n) is 9.43. The van der Waals surface area contributed by atoms with Gasteiger partial charge >= 0.3 is 0 Å². The van der Waals surface area contributed by atoms with Gasteiger partial charge < -0.3 is 24.8 Å². The predicted molar refractivity (Wildman–Crippen MR) is 106 cm³/mol. The van der Waals surface area contributed by atoms with Crippen LogP contribution in [0.4, 0.5) is 5.69 Å². The van der Waals surface area contributed by atoms with Gasteiger partial charge in [0.2, 0.25) is 0 Å². The third kappa shape index (κ3) is 5.82. The Labute approximate surface area is 166 Å². The minimum Gasteiger partial charge on any atom is -0.495 e. The molecule has 1 saturated heterocycles. The number of piperazine rings is 1. The van der Waals surface area contributed by atoms with Gasteiger partial charge in [0.05, 0.1) is 52.6 Å². The number of hydrogen-bond acceptors (Lipinski definition) is 3. The fourth-order valence-corrected chi connectivity index (χ4v) is 3.43. The van der Waals surface area contributed by atoms with Gasteiger partial charge in [0.25, 0.3) is 11.8 Å². The summed E-state index contributed by atoms with van der Waals surface area (Å²) in [6.45, 7) is 8.87. The quantitative estimate of drug-likeness (QED) is 0.548. The first-order valence-corrected chi connectivity index (χ1v) is 9.81. The van der Waals surface area contributed by atoms with Crippen molar-refractivity contribution in [1.82, 2.24) is 4.90 Å². The number of methoxy groups -OCH3 is 1. The van der Waals surface area contributed by atoms with Gasteiger partial charge in [-0.2, -0.15) is 0 Å². The van der Waals surface area contributed by atoms with Crippen LogP contribution in [0.5, 0.6) is 5.75 Å². The monoisotopic (exact) mass is 398 g/mol. The number of rotatable bonds is 7. The van der Waals surface area contributed by atoms with Crippen LogP contribution in [0.3, 0.4) is 0 Å². The largest absolute Gasteiger partial charge is 0.495 e. The highest BCUT2D eigenvalue weighted by Gasteiger charge is 2.31. The number of halogens is 1. The smallest absolute Gasteiger partial charge is 0.280 e. The number of quaternary nitrogens is 2. The molecule has 1 aromatic rings. The molecule has 27 heavy (non-hydrogen) atoms. The Morgan fingerprint density at radius 3 is 2.63 bits per heavy atom. The summed E-state index contributed by atoms with van der Waals surface area (Å²) in [6, 6.07) is 4.78. The van der Waals surface area contributed by atoms with Gasteiger partial charge in [-0.15, -0.1) is 0 Å². The Morgan fingerprint density at radius 1 is 1.37 bits per heavy atom. The van der Waals surface area contributed by atoms with E-state index in [4.69, 9.17) is 16.3 Å². The summed E-state index contributed by atoms with van der Waals surface area (Å²) in [5.41, 5.74) is 0.528. The molecule has 8 heteroatoms. The number of nitrogens with zero attached hydrogens (tertiary/aromatic N) is 1. The number of nitrogens with one attached hydrogen (secondary N) is 3. The van der Waals surface area contributed by atoms with Crippen LogP contribution in [0.1, 0.15) is 13.8 Å². The molecular formula is C19H31ClN4O3+2. The van der Waals surface area contributed by atoms with Crippen LogP contribution in [-0.4, -0.2) is 76.2 Å². The summed E-state index contributed by atoms with van der Waals surface area (Å²) < 4.78 is 5.25. The van der Waals surface area contributed by atoms with Gasteiger partial charge in [0.15, 0.2) is 12.6 Å². The molecule has 1 aliphatic heterocycles. The molecule has 0 bridgehead atoms. The lowest BCUT2D eigenvalue weighted by Gasteiger charge is -2.33. The second-order valence-corrected chi connectivity index (χ2v) is 7.50. The Kier molecular flexibility index (Phi) is 7.89. The molecule has 2 atom stereocenters. The zero-order valence-corrected chi connectivity index (χ0v) is 17.4. The third-order valence-corrected chi connectivity index (χ3v) is 5.50. The zero-order chi connectivity index (χ0) is 20.0. The van der Waals surface area contributed by atoms with Crippen molar-refractivity contribution >= 4 is 29.1 Å². The Balaban J connectivity index is 1.90. The predicted octanol–water partition coefficient (Wildman–Crippen LogP) is -1.06. The molecule has 3 N–H and O–H groups in total. The Bertz CT molecular complexity index is 662. The summed E-state index contributed by atoms with van der Waals surface area (Å²) in [6.07, 6.45) is 0. The maximum Gasteiger partial charge on any atom is 0.280 e. The van der Waals surface area contributed by atoms with Crippen molar-refractivity contribution in [3.63, 3.8) is 0 Å². The van der Waals surface area contributed by atoms with E-state index in [-0.39, 0.29) is 24.4 Å². The molecule has 1 unspecified atom stereocenters. The van der Waals surface area contributed by atoms with Gasteiger partial charge in [0, 0.05) is 5.02 Å². The molecule has 0 spiro atoms. The first-order chi connectivity index (χ1) is 12.8. The molecule has 150 valence electrons. The fraction of sp³-hybridized carbons (Fsp3) is 0.579. The fourth-order valence-electron chi connectivity index (χ4n) is 3.26. The number of ether oxygens (including phenoxy) is 1. The molecule has 7 nitrogen and oxygen atoms in total. The lowest BCUT2D eigenvalue weighted by Crippen LogP contribution is -3.16. The molecule has 0 radical (unpaired) electrons. The summed E-state index contributed by atoms with van der Waals surface area (Å²) in [5.74, 6) is 0.467. The molecule has 2 amide bonds. The van der Waals surface area contributed by atoms with Crippen LogP contribution in [0.2, 0.25) is 5.02 Å². The summed E-state index contributed by atoms with van der Waals surface area (Å²) in [4.78, 5) is 29.5. The maximum atomic E-state index is 12.7. The first kappa shape index (κ1) is 21.5. The molecule has 1 aliphatic rings. The third-order valence-electron chi connectivity index (χ3n) is 5.27. The number of likely N-dealkylation sites (N-methyl/N-ethyl adjacent to an activating group) is 2. The van der Waals surface area contributed by atoms with Crippen molar-refractivity contribution < 1.29 is 24.1 Å². The van der Waals surface area contributed by atoms with Gasteiger partial charge in [-0.25, -0.2) is 0 Å². The van der Waals surface area contributed by atoms with Crippen molar-refractivity contribution in [3.8, 4) is 5.75 Å².